The summed E-state index contributed by atoms with van der Waals surface area (Å²) in [5.41, 5.74) is 3.32. The Morgan fingerprint density at radius 2 is 1.73 bits per heavy atom. The Kier molecular flexibility index (Phi) is 9.03. The first kappa shape index (κ1) is 33.2. The predicted octanol–water partition coefficient (Wildman–Crippen LogP) is 5.98. The van der Waals surface area contributed by atoms with E-state index in [1.807, 2.05) is 45.9 Å². The van der Waals surface area contributed by atoms with Crippen molar-refractivity contribution in [2.24, 2.45) is 5.92 Å². The van der Waals surface area contributed by atoms with E-state index in [1.165, 1.54) is 30.6 Å². The first-order valence-corrected chi connectivity index (χ1v) is 17.1. The number of aryl methyl sites for hydroxylation is 2. The van der Waals surface area contributed by atoms with Gasteiger partial charge in [-0.2, -0.15) is 4.98 Å². The summed E-state index contributed by atoms with van der Waals surface area (Å²) < 4.78 is 68.0. The van der Waals surface area contributed by atoms with Crippen LogP contribution in [0.2, 0.25) is 0 Å². The van der Waals surface area contributed by atoms with E-state index in [-0.39, 0.29) is 65.8 Å². The summed E-state index contributed by atoms with van der Waals surface area (Å²) in [5.74, 6) is -2.54. The molecule has 0 unspecified atom stereocenters. The van der Waals surface area contributed by atoms with E-state index in [0.29, 0.717) is 12.1 Å². The van der Waals surface area contributed by atoms with Crippen LogP contribution in [-0.4, -0.2) is 63.8 Å². The minimum absolute atomic E-state index is 0.0239. The number of aromatic nitrogens is 4. The fourth-order valence-corrected chi connectivity index (χ4v) is 6.92. The minimum Gasteiger partial charge on any atom is -0.487 e. The molecule has 1 aliphatic heterocycles. The van der Waals surface area contributed by atoms with Crippen LogP contribution in [0, 0.1) is 19.8 Å². The Hall–Kier alpha value is -4.72. The third kappa shape index (κ3) is 7.38. The van der Waals surface area contributed by atoms with Crippen LogP contribution in [0.1, 0.15) is 60.4 Å². The number of benzene rings is 2. The lowest BCUT2D eigenvalue weighted by atomic mass is 9.91. The molecular weight excluding hydrogens is 642 g/mol. The number of ether oxygens (including phenoxy) is 2. The van der Waals surface area contributed by atoms with E-state index >= 15 is 0 Å². The Labute approximate surface area is 277 Å². The van der Waals surface area contributed by atoms with E-state index in [4.69, 9.17) is 9.47 Å². The number of rotatable bonds is 7. The highest BCUT2D eigenvalue weighted by molar-refractivity contribution is 7.92. The molecule has 1 N–H and O–H groups in total. The molecule has 1 aliphatic carbocycles. The number of nitrogens with one attached hydrogen (secondary N) is 1. The van der Waals surface area contributed by atoms with Crippen LogP contribution in [0.5, 0.6) is 11.6 Å². The molecule has 0 radical (unpaired) electrons. The molecule has 2 aromatic heterocycles. The zero-order valence-electron chi connectivity index (χ0n) is 27.0. The highest BCUT2D eigenvalue weighted by Gasteiger charge is 2.47. The standard InChI is InChI=1S/C34H36F2N6O5S/c1-20(2)11-24-19-46-30-13-28(31-21(3)7-5-8-22(31)4)39-33(40-30)41-48(44,45)27-10-6-9-23(12-27)32(43)42(24)18-29-37-16-26(17-38-29)47-25-14-34(35,36)15-25/h5-10,12-13,16-17,20,24-25H,11,14-15,18-19H2,1-4H3,(H,39,40,41)/t24-/m1/s1. The molecule has 0 spiro atoms. The number of fused-ring (bicyclic) bond motifs is 4. The van der Waals surface area contributed by atoms with E-state index in [2.05, 4.69) is 24.7 Å². The van der Waals surface area contributed by atoms with E-state index in [9.17, 15) is 22.0 Å². The molecule has 1 saturated carbocycles. The van der Waals surface area contributed by atoms with Gasteiger partial charge in [-0.15, -0.1) is 0 Å². The summed E-state index contributed by atoms with van der Waals surface area (Å²) in [6, 6.07) is 12.7. The molecule has 4 aromatic rings. The maximum atomic E-state index is 14.2. The summed E-state index contributed by atoms with van der Waals surface area (Å²) in [5, 5.41) is 0. The first-order chi connectivity index (χ1) is 22.8. The molecule has 11 nitrogen and oxygen atoms in total. The van der Waals surface area contributed by atoms with Crippen molar-refractivity contribution in [3.8, 4) is 22.9 Å². The normalized spacial score (nSPS) is 18.9. The van der Waals surface area contributed by atoms with Gasteiger partial charge in [0.2, 0.25) is 11.8 Å². The third-order valence-corrected chi connectivity index (χ3v) is 9.60. The van der Waals surface area contributed by atoms with Crippen molar-refractivity contribution in [1.82, 2.24) is 24.8 Å². The highest BCUT2D eigenvalue weighted by Crippen LogP contribution is 2.39. The van der Waals surface area contributed by atoms with E-state index in [0.717, 1.165) is 16.7 Å². The number of hydrogen-bond donors (Lipinski definition) is 1. The molecule has 0 saturated heterocycles. The number of halogens is 2. The Balaban J connectivity index is 1.38. The highest BCUT2D eigenvalue weighted by atomic mass is 32.2. The maximum Gasteiger partial charge on any atom is 0.264 e. The van der Waals surface area contributed by atoms with Crippen molar-refractivity contribution in [3.63, 3.8) is 0 Å². The lowest BCUT2D eigenvalue weighted by Crippen LogP contribution is -2.44. The molecule has 4 bridgehead atoms. The van der Waals surface area contributed by atoms with Crippen molar-refractivity contribution in [1.29, 1.82) is 0 Å². The molecule has 14 heteroatoms. The van der Waals surface area contributed by atoms with Crippen LogP contribution in [0.15, 0.2) is 65.8 Å². The second-order valence-electron chi connectivity index (χ2n) is 12.7. The zero-order chi connectivity index (χ0) is 34.2. The molecule has 252 valence electrons. The molecule has 3 heterocycles. The van der Waals surface area contributed by atoms with Gasteiger partial charge < -0.3 is 14.4 Å². The van der Waals surface area contributed by atoms with Crippen molar-refractivity contribution in [2.75, 3.05) is 11.3 Å². The summed E-state index contributed by atoms with van der Waals surface area (Å²) in [7, 11) is -4.22. The molecule has 6 rings (SSSR count). The number of anilines is 1. The summed E-state index contributed by atoms with van der Waals surface area (Å²) in [6.07, 6.45) is 1.98. The number of hydrogen-bond acceptors (Lipinski definition) is 9. The first-order valence-electron chi connectivity index (χ1n) is 15.6. The molecule has 1 amide bonds. The molecule has 48 heavy (non-hydrogen) atoms. The molecule has 2 aromatic carbocycles. The van der Waals surface area contributed by atoms with Gasteiger partial charge in [0.15, 0.2) is 5.75 Å². The van der Waals surface area contributed by atoms with E-state index in [1.54, 1.807) is 17.0 Å². The zero-order valence-corrected chi connectivity index (χ0v) is 27.8. The second-order valence-corrected chi connectivity index (χ2v) is 14.4. The molecule has 2 aliphatic rings. The quantitative estimate of drug-likeness (QED) is 0.250. The summed E-state index contributed by atoms with van der Waals surface area (Å²) >= 11 is 0. The maximum absolute atomic E-state index is 14.2. The van der Waals surface area contributed by atoms with Gasteiger partial charge >= 0.3 is 0 Å². The van der Waals surface area contributed by atoms with Crippen LogP contribution in [0.4, 0.5) is 14.7 Å². The average molecular weight is 679 g/mol. The number of carbonyl (C=O) groups is 1. The summed E-state index contributed by atoms with van der Waals surface area (Å²) in [6.45, 7) is 7.91. The number of amides is 1. The topological polar surface area (TPSA) is 136 Å². The Morgan fingerprint density at radius 3 is 2.40 bits per heavy atom. The Bertz CT molecular complexity index is 1910. The van der Waals surface area contributed by atoms with Crippen molar-refractivity contribution in [2.45, 2.75) is 76.5 Å². The Morgan fingerprint density at radius 1 is 1.04 bits per heavy atom. The number of carbonyl (C=O) groups excluding carboxylic acids is 1. The average Bonchev–Trinajstić information content (AvgIpc) is 3.01. The van der Waals surface area contributed by atoms with Crippen molar-refractivity contribution < 1.29 is 31.5 Å². The van der Waals surface area contributed by atoms with Crippen LogP contribution >= 0.6 is 0 Å². The van der Waals surface area contributed by atoms with Crippen molar-refractivity contribution in [3.05, 3.63) is 83.4 Å². The second kappa shape index (κ2) is 13.1. The van der Waals surface area contributed by atoms with Gasteiger partial charge in [0.1, 0.15) is 18.5 Å². The van der Waals surface area contributed by atoms with E-state index < -0.39 is 34.0 Å². The fraction of sp³-hybridized carbons (Fsp3) is 0.382. The number of sulfonamides is 1. The van der Waals surface area contributed by atoms with Gasteiger partial charge in [0.25, 0.3) is 21.9 Å². The van der Waals surface area contributed by atoms with Gasteiger partial charge in [-0.1, -0.05) is 38.1 Å². The SMILES string of the molecule is Cc1cccc(C)c1-c1cc2nc(n1)NS(=O)(=O)c1cccc(c1)C(=O)N(Cc1ncc(OC3CC(F)(F)C3)cn1)[C@H](CC(C)C)CO2. The van der Waals surface area contributed by atoms with Crippen LogP contribution in [0.3, 0.4) is 0 Å². The van der Waals surface area contributed by atoms with Gasteiger partial charge in [-0.3, -0.25) is 4.79 Å². The monoisotopic (exact) mass is 678 g/mol. The lowest BCUT2D eigenvalue weighted by Gasteiger charge is -2.34. The van der Waals surface area contributed by atoms with Gasteiger partial charge in [0, 0.05) is 30.0 Å². The minimum atomic E-state index is -4.22. The van der Waals surface area contributed by atoms with Crippen LogP contribution < -0.4 is 14.2 Å². The smallest absolute Gasteiger partial charge is 0.264 e. The molecule has 1 atom stereocenters. The number of nitrogens with zero attached hydrogens (tertiary/aromatic N) is 5. The van der Waals surface area contributed by atoms with Gasteiger partial charge in [-0.05, 0) is 55.5 Å². The largest absolute Gasteiger partial charge is 0.487 e. The molecular formula is C34H36F2N6O5S. The lowest BCUT2D eigenvalue weighted by molar-refractivity contribution is -0.134. The predicted molar refractivity (Wildman–Crippen MR) is 173 cm³/mol. The van der Waals surface area contributed by atoms with Crippen LogP contribution in [0.25, 0.3) is 11.3 Å². The summed E-state index contributed by atoms with van der Waals surface area (Å²) in [4.78, 5) is 33.3. The van der Waals surface area contributed by atoms with Crippen LogP contribution in [-0.2, 0) is 16.6 Å². The molecule has 1 fully saturated rings. The van der Waals surface area contributed by atoms with Gasteiger partial charge in [-0.25, -0.2) is 36.9 Å². The van der Waals surface area contributed by atoms with Crippen molar-refractivity contribution >= 4 is 21.9 Å². The third-order valence-electron chi connectivity index (χ3n) is 8.27. The number of alkyl halides is 2. The fourth-order valence-electron chi connectivity index (χ4n) is 5.93. The van der Waals surface area contributed by atoms with Gasteiger partial charge in [0.05, 0.1) is 35.6 Å².